The number of hydrogen-bond acceptors (Lipinski definition) is 4. The van der Waals surface area contributed by atoms with Crippen LogP contribution in [0.5, 0.6) is 0 Å². The van der Waals surface area contributed by atoms with Crippen LogP contribution < -0.4 is 5.32 Å². The van der Waals surface area contributed by atoms with Crippen molar-refractivity contribution in [3.63, 3.8) is 0 Å². The predicted octanol–water partition coefficient (Wildman–Crippen LogP) is 0.669. The molecule has 0 radical (unpaired) electrons. The highest BCUT2D eigenvalue weighted by molar-refractivity contribution is 6.20. The van der Waals surface area contributed by atoms with E-state index in [0.717, 1.165) is 6.08 Å². The number of rotatable bonds is 3. The van der Waals surface area contributed by atoms with E-state index < -0.39 is 11.4 Å². The first-order valence-electron chi connectivity index (χ1n) is 5.20. The summed E-state index contributed by atoms with van der Waals surface area (Å²) < 4.78 is 0. The Balaban J connectivity index is 2.94. The van der Waals surface area contributed by atoms with Gasteiger partial charge in [-0.3, -0.25) is 14.4 Å². The zero-order valence-corrected chi connectivity index (χ0v) is 10.0. The quantitative estimate of drug-likeness (QED) is 0.705. The average Bonchev–Trinajstić information content (AvgIpc) is 2.17. The van der Waals surface area contributed by atoms with Gasteiger partial charge >= 0.3 is 5.97 Å². The molecule has 0 aliphatic heterocycles. The van der Waals surface area contributed by atoms with Crippen molar-refractivity contribution >= 4 is 17.5 Å². The van der Waals surface area contributed by atoms with Crippen LogP contribution >= 0.6 is 0 Å². The van der Waals surface area contributed by atoms with Crippen molar-refractivity contribution in [1.29, 1.82) is 0 Å². The molecule has 0 aromatic rings. The van der Waals surface area contributed by atoms with E-state index in [-0.39, 0.29) is 23.8 Å². The van der Waals surface area contributed by atoms with Crippen LogP contribution in [0.2, 0.25) is 0 Å². The Kier molecular flexibility index (Phi) is 3.50. The van der Waals surface area contributed by atoms with Crippen molar-refractivity contribution in [2.75, 3.05) is 6.54 Å². The van der Waals surface area contributed by atoms with Crippen LogP contribution in [0.15, 0.2) is 23.4 Å². The molecule has 0 aromatic heterocycles. The van der Waals surface area contributed by atoms with Gasteiger partial charge in [-0.1, -0.05) is 20.8 Å². The third kappa shape index (κ3) is 3.27. The molecule has 17 heavy (non-hydrogen) atoms. The summed E-state index contributed by atoms with van der Waals surface area (Å²) in [6, 6.07) is 0. The molecule has 1 aliphatic rings. The Labute approximate surface area is 99.2 Å². The standard InChI is InChI=1S/C12H15NO4/c1-12(2,3)8-4-7(14)5-9(11(8)17)13-6-10(15)16/h4-5,13H,6H2,1-3H3,(H,15,16). The summed E-state index contributed by atoms with van der Waals surface area (Å²) >= 11 is 0. The lowest BCUT2D eigenvalue weighted by molar-refractivity contribution is -0.135. The van der Waals surface area contributed by atoms with E-state index in [0.29, 0.717) is 5.57 Å². The number of carboxylic acid groups (broad SMARTS) is 1. The van der Waals surface area contributed by atoms with Gasteiger partial charge in [-0.2, -0.15) is 0 Å². The summed E-state index contributed by atoms with van der Waals surface area (Å²) in [6.07, 6.45) is 2.43. The number of carbonyl (C=O) groups excluding carboxylic acids is 2. The normalized spacial score (nSPS) is 16.4. The van der Waals surface area contributed by atoms with Crippen LogP contribution in [0.3, 0.4) is 0 Å². The molecule has 5 nitrogen and oxygen atoms in total. The maximum atomic E-state index is 12.0. The van der Waals surface area contributed by atoms with Crippen LogP contribution in [-0.4, -0.2) is 29.2 Å². The Morgan fingerprint density at radius 3 is 2.35 bits per heavy atom. The van der Waals surface area contributed by atoms with Crippen LogP contribution in [0.25, 0.3) is 0 Å². The number of Topliss-reactive ketones (excluding diaryl/α,β-unsaturated/α-hetero) is 1. The fourth-order valence-corrected chi connectivity index (χ4v) is 1.46. The number of carboxylic acids is 1. The minimum atomic E-state index is -1.09. The van der Waals surface area contributed by atoms with Crippen LogP contribution in [0, 0.1) is 5.41 Å². The Hall–Kier alpha value is -1.91. The molecule has 0 bridgehead atoms. The molecule has 0 aromatic carbocycles. The van der Waals surface area contributed by atoms with Gasteiger partial charge in [-0.15, -0.1) is 0 Å². The van der Waals surface area contributed by atoms with Crippen LogP contribution in [-0.2, 0) is 14.4 Å². The third-order valence-electron chi connectivity index (χ3n) is 2.30. The van der Waals surface area contributed by atoms with E-state index in [2.05, 4.69) is 5.32 Å². The van der Waals surface area contributed by atoms with Gasteiger partial charge in [0.2, 0.25) is 5.78 Å². The van der Waals surface area contributed by atoms with E-state index in [4.69, 9.17) is 5.11 Å². The number of hydrogen-bond donors (Lipinski definition) is 2. The first-order valence-corrected chi connectivity index (χ1v) is 5.20. The Bertz CT molecular complexity index is 438. The maximum absolute atomic E-state index is 12.0. The first-order chi connectivity index (χ1) is 7.71. The largest absolute Gasteiger partial charge is 0.480 e. The molecule has 92 valence electrons. The molecule has 0 fully saturated rings. The Morgan fingerprint density at radius 2 is 1.88 bits per heavy atom. The second kappa shape index (κ2) is 4.53. The topological polar surface area (TPSA) is 83.5 Å². The lowest BCUT2D eigenvalue weighted by Gasteiger charge is -2.24. The van der Waals surface area contributed by atoms with Crippen molar-refractivity contribution < 1.29 is 19.5 Å². The number of carbonyl (C=O) groups is 3. The number of allylic oxidation sites excluding steroid dienone is 3. The second-order valence-corrected chi connectivity index (χ2v) is 4.84. The van der Waals surface area contributed by atoms with E-state index >= 15 is 0 Å². The fraction of sp³-hybridized carbons (Fsp3) is 0.417. The molecule has 0 spiro atoms. The van der Waals surface area contributed by atoms with Crippen molar-refractivity contribution in [2.45, 2.75) is 20.8 Å². The molecule has 0 unspecified atom stereocenters. The van der Waals surface area contributed by atoms with Crippen molar-refractivity contribution in [2.24, 2.45) is 5.41 Å². The number of nitrogens with one attached hydrogen (secondary N) is 1. The molecule has 0 amide bonds. The molecule has 5 heteroatoms. The van der Waals surface area contributed by atoms with Gasteiger partial charge in [0.1, 0.15) is 6.54 Å². The second-order valence-electron chi connectivity index (χ2n) is 4.84. The van der Waals surface area contributed by atoms with Gasteiger partial charge < -0.3 is 10.4 Å². The van der Waals surface area contributed by atoms with Gasteiger partial charge in [0.15, 0.2) is 5.78 Å². The highest BCUT2D eigenvalue weighted by Gasteiger charge is 2.30. The minimum Gasteiger partial charge on any atom is -0.480 e. The summed E-state index contributed by atoms with van der Waals surface area (Å²) in [7, 11) is 0. The monoisotopic (exact) mass is 237 g/mol. The van der Waals surface area contributed by atoms with Crippen molar-refractivity contribution in [1.82, 2.24) is 5.32 Å². The van der Waals surface area contributed by atoms with Crippen molar-refractivity contribution in [3.05, 3.63) is 23.4 Å². The number of aliphatic carboxylic acids is 1. The first kappa shape index (κ1) is 13.2. The van der Waals surface area contributed by atoms with Crippen LogP contribution in [0.1, 0.15) is 20.8 Å². The molecule has 0 saturated heterocycles. The van der Waals surface area contributed by atoms with Crippen molar-refractivity contribution in [3.8, 4) is 0 Å². The summed E-state index contributed by atoms with van der Waals surface area (Å²) in [4.78, 5) is 33.8. The fourth-order valence-electron chi connectivity index (χ4n) is 1.46. The lowest BCUT2D eigenvalue weighted by Crippen LogP contribution is -2.33. The molecular formula is C12H15NO4. The van der Waals surface area contributed by atoms with Gasteiger partial charge in [-0.25, -0.2) is 0 Å². The molecule has 0 atom stereocenters. The van der Waals surface area contributed by atoms with E-state index in [9.17, 15) is 14.4 Å². The predicted molar refractivity (Wildman–Crippen MR) is 61.3 cm³/mol. The highest BCUT2D eigenvalue weighted by atomic mass is 16.4. The molecule has 2 N–H and O–H groups in total. The summed E-state index contributed by atoms with van der Waals surface area (Å²) in [5, 5.41) is 11.0. The van der Waals surface area contributed by atoms with E-state index in [1.807, 2.05) is 20.8 Å². The summed E-state index contributed by atoms with van der Waals surface area (Å²) in [5.41, 5.74) is -0.0142. The average molecular weight is 237 g/mol. The zero-order valence-electron chi connectivity index (χ0n) is 10.0. The third-order valence-corrected chi connectivity index (χ3v) is 2.30. The van der Waals surface area contributed by atoms with Gasteiger partial charge in [0.25, 0.3) is 0 Å². The maximum Gasteiger partial charge on any atom is 0.322 e. The Morgan fingerprint density at radius 1 is 1.29 bits per heavy atom. The highest BCUT2D eigenvalue weighted by Crippen LogP contribution is 2.29. The molecule has 0 heterocycles. The smallest absolute Gasteiger partial charge is 0.322 e. The zero-order chi connectivity index (χ0) is 13.2. The van der Waals surface area contributed by atoms with Crippen LogP contribution in [0.4, 0.5) is 0 Å². The van der Waals surface area contributed by atoms with E-state index in [1.165, 1.54) is 6.08 Å². The van der Waals surface area contributed by atoms with Gasteiger partial charge in [0, 0.05) is 11.6 Å². The molecule has 0 saturated carbocycles. The molecule has 1 rings (SSSR count). The van der Waals surface area contributed by atoms with Gasteiger partial charge in [-0.05, 0) is 11.5 Å². The summed E-state index contributed by atoms with van der Waals surface area (Å²) in [6.45, 7) is 5.08. The SMILES string of the molecule is CC(C)(C)C1=CC(=O)C=C(NCC(=O)O)C1=O. The molecular weight excluding hydrogens is 222 g/mol. The summed E-state index contributed by atoms with van der Waals surface area (Å²) in [5.74, 6) is -1.71. The van der Waals surface area contributed by atoms with Gasteiger partial charge in [0.05, 0.1) is 5.70 Å². The van der Waals surface area contributed by atoms with E-state index in [1.54, 1.807) is 0 Å². The number of ketones is 2. The minimum absolute atomic E-state index is 0.0461. The molecule has 1 aliphatic carbocycles. The lowest BCUT2D eigenvalue weighted by atomic mass is 9.80.